The van der Waals surface area contributed by atoms with Gasteiger partial charge in [-0.2, -0.15) is 0 Å². The summed E-state index contributed by atoms with van der Waals surface area (Å²) in [4.78, 5) is 2.64. The first-order valence-electron chi connectivity index (χ1n) is 6.96. The van der Waals surface area contributed by atoms with E-state index < -0.39 is 0 Å². The molecule has 1 saturated heterocycles. The summed E-state index contributed by atoms with van der Waals surface area (Å²) in [5, 5.41) is 3.42. The molecule has 0 aromatic heterocycles. The van der Waals surface area contributed by atoms with Gasteiger partial charge in [0.25, 0.3) is 0 Å². The second kappa shape index (κ2) is 6.58. The van der Waals surface area contributed by atoms with Gasteiger partial charge in [-0.15, -0.1) is 0 Å². The Morgan fingerprint density at radius 2 is 2.06 bits per heavy atom. The van der Waals surface area contributed by atoms with Gasteiger partial charge in [-0.1, -0.05) is 26.2 Å². The van der Waals surface area contributed by atoms with E-state index in [2.05, 4.69) is 17.1 Å². The summed E-state index contributed by atoms with van der Waals surface area (Å²) in [6.45, 7) is 7.51. The van der Waals surface area contributed by atoms with Gasteiger partial charge >= 0.3 is 0 Å². The third kappa shape index (κ3) is 3.44. The molecule has 1 saturated carbocycles. The lowest BCUT2D eigenvalue weighted by atomic mass is 9.94. The number of nitrogens with one attached hydrogen (secondary N) is 1. The Bertz CT molecular complexity index is 186. The van der Waals surface area contributed by atoms with Crippen LogP contribution in [0, 0.1) is 0 Å². The van der Waals surface area contributed by atoms with Crippen LogP contribution >= 0.6 is 0 Å². The van der Waals surface area contributed by atoms with Crippen molar-refractivity contribution in [3.63, 3.8) is 0 Å². The van der Waals surface area contributed by atoms with Crippen molar-refractivity contribution in [1.29, 1.82) is 0 Å². The van der Waals surface area contributed by atoms with Crippen molar-refractivity contribution in [1.82, 2.24) is 10.2 Å². The fourth-order valence-electron chi connectivity index (χ4n) is 2.98. The van der Waals surface area contributed by atoms with Crippen molar-refractivity contribution in [3.8, 4) is 0 Å². The van der Waals surface area contributed by atoms with Gasteiger partial charge in [0.05, 0.1) is 12.7 Å². The first-order valence-corrected chi connectivity index (χ1v) is 6.96. The summed E-state index contributed by atoms with van der Waals surface area (Å²) >= 11 is 0. The van der Waals surface area contributed by atoms with Gasteiger partial charge in [-0.3, -0.25) is 4.90 Å². The fourth-order valence-corrected chi connectivity index (χ4v) is 2.98. The molecule has 1 N–H and O–H groups in total. The molecule has 0 bridgehead atoms. The van der Waals surface area contributed by atoms with Crippen LogP contribution in [0.2, 0.25) is 0 Å². The van der Waals surface area contributed by atoms with E-state index in [1.807, 2.05) is 0 Å². The standard InChI is InChI=1S/C13H26N2O/c1-2-15(12-6-4-3-5-7-12)11-13-10-14-8-9-16-13/h12-14H,2-11H2,1H3. The molecule has 1 aliphatic heterocycles. The average molecular weight is 226 g/mol. The van der Waals surface area contributed by atoms with Gasteiger partial charge in [0, 0.05) is 25.7 Å². The topological polar surface area (TPSA) is 24.5 Å². The van der Waals surface area contributed by atoms with Gasteiger partial charge in [0.15, 0.2) is 0 Å². The van der Waals surface area contributed by atoms with E-state index in [4.69, 9.17) is 4.74 Å². The highest BCUT2D eigenvalue weighted by atomic mass is 16.5. The van der Waals surface area contributed by atoms with E-state index in [1.54, 1.807) is 0 Å². The van der Waals surface area contributed by atoms with E-state index in [-0.39, 0.29) is 0 Å². The summed E-state index contributed by atoms with van der Waals surface area (Å²) in [5.74, 6) is 0. The van der Waals surface area contributed by atoms with Crippen molar-refractivity contribution in [2.24, 2.45) is 0 Å². The van der Waals surface area contributed by atoms with Gasteiger partial charge < -0.3 is 10.1 Å². The van der Waals surface area contributed by atoms with Crippen LogP contribution in [-0.4, -0.2) is 49.8 Å². The van der Waals surface area contributed by atoms with Crippen molar-refractivity contribution < 1.29 is 4.74 Å². The molecule has 1 heterocycles. The van der Waals surface area contributed by atoms with Crippen molar-refractivity contribution in [3.05, 3.63) is 0 Å². The second-order valence-electron chi connectivity index (χ2n) is 5.08. The third-order valence-electron chi connectivity index (χ3n) is 3.94. The van der Waals surface area contributed by atoms with Crippen LogP contribution in [0.1, 0.15) is 39.0 Å². The summed E-state index contributed by atoms with van der Waals surface area (Å²) in [7, 11) is 0. The average Bonchev–Trinajstić information content (AvgIpc) is 2.38. The molecule has 0 aromatic rings. The smallest absolute Gasteiger partial charge is 0.0826 e. The molecule has 2 aliphatic rings. The Labute approximate surface area is 99.5 Å². The first kappa shape index (κ1) is 12.3. The van der Waals surface area contributed by atoms with E-state index in [0.717, 1.165) is 32.3 Å². The molecule has 0 amide bonds. The molecular formula is C13H26N2O. The van der Waals surface area contributed by atoms with E-state index in [0.29, 0.717) is 6.10 Å². The Kier molecular flexibility index (Phi) is 5.07. The summed E-state index contributed by atoms with van der Waals surface area (Å²) < 4.78 is 5.80. The van der Waals surface area contributed by atoms with E-state index in [1.165, 1.54) is 38.6 Å². The zero-order valence-electron chi connectivity index (χ0n) is 10.6. The zero-order valence-corrected chi connectivity index (χ0v) is 10.6. The Hall–Kier alpha value is -0.120. The predicted molar refractivity (Wildman–Crippen MR) is 66.7 cm³/mol. The number of likely N-dealkylation sites (N-methyl/N-ethyl adjacent to an activating group) is 1. The highest BCUT2D eigenvalue weighted by Crippen LogP contribution is 2.22. The molecule has 2 rings (SSSR count). The lowest BCUT2D eigenvalue weighted by molar-refractivity contribution is -0.00563. The Morgan fingerprint density at radius 1 is 1.25 bits per heavy atom. The monoisotopic (exact) mass is 226 g/mol. The quantitative estimate of drug-likeness (QED) is 0.788. The van der Waals surface area contributed by atoms with Crippen LogP contribution in [0.4, 0.5) is 0 Å². The summed E-state index contributed by atoms with van der Waals surface area (Å²) in [6, 6.07) is 0.823. The van der Waals surface area contributed by atoms with Crippen LogP contribution in [0.25, 0.3) is 0 Å². The highest BCUT2D eigenvalue weighted by Gasteiger charge is 2.23. The molecule has 0 spiro atoms. The maximum atomic E-state index is 5.80. The molecular weight excluding hydrogens is 200 g/mol. The first-order chi connectivity index (χ1) is 7.90. The van der Waals surface area contributed by atoms with Gasteiger partial charge in [-0.25, -0.2) is 0 Å². The van der Waals surface area contributed by atoms with Crippen molar-refractivity contribution in [2.45, 2.75) is 51.2 Å². The van der Waals surface area contributed by atoms with Gasteiger partial charge in [0.2, 0.25) is 0 Å². The maximum Gasteiger partial charge on any atom is 0.0826 e. The molecule has 3 nitrogen and oxygen atoms in total. The van der Waals surface area contributed by atoms with E-state index >= 15 is 0 Å². The zero-order chi connectivity index (χ0) is 11.2. The number of hydrogen-bond acceptors (Lipinski definition) is 3. The lowest BCUT2D eigenvalue weighted by Gasteiger charge is -2.36. The normalized spacial score (nSPS) is 28.5. The summed E-state index contributed by atoms with van der Waals surface area (Å²) in [6.07, 6.45) is 7.49. The molecule has 16 heavy (non-hydrogen) atoms. The number of hydrogen-bond donors (Lipinski definition) is 1. The minimum absolute atomic E-state index is 0.413. The Morgan fingerprint density at radius 3 is 2.69 bits per heavy atom. The molecule has 2 fully saturated rings. The van der Waals surface area contributed by atoms with Crippen LogP contribution in [0.3, 0.4) is 0 Å². The molecule has 94 valence electrons. The second-order valence-corrected chi connectivity index (χ2v) is 5.08. The molecule has 0 aromatic carbocycles. The van der Waals surface area contributed by atoms with Gasteiger partial charge in [0.1, 0.15) is 0 Å². The number of ether oxygens (including phenoxy) is 1. The fraction of sp³-hybridized carbons (Fsp3) is 1.00. The molecule has 3 heteroatoms. The van der Waals surface area contributed by atoms with Crippen LogP contribution in [-0.2, 0) is 4.74 Å². The SMILES string of the molecule is CCN(CC1CNCCO1)C1CCCCC1. The third-order valence-corrected chi connectivity index (χ3v) is 3.94. The maximum absolute atomic E-state index is 5.80. The highest BCUT2D eigenvalue weighted by molar-refractivity contribution is 4.79. The minimum Gasteiger partial charge on any atom is -0.374 e. The van der Waals surface area contributed by atoms with Gasteiger partial charge in [-0.05, 0) is 19.4 Å². The summed E-state index contributed by atoms with van der Waals surface area (Å²) in [5.41, 5.74) is 0. The number of rotatable bonds is 4. The molecule has 1 atom stereocenters. The lowest BCUT2D eigenvalue weighted by Crippen LogP contribution is -2.48. The van der Waals surface area contributed by atoms with Crippen molar-refractivity contribution in [2.75, 3.05) is 32.8 Å². The van der Waals surface area contributed by atoms with E-state index in [9.17, 15) is 0 Å². The largest absolute Gasteiger partial charge is 0.374 e. The molecule has 1 unspecified atom stereocenters. The van der Waals surface area contributed by atoms with Crippen LogP contribution in [0.15, 0.2) is 0 Å². The molecule has 1 aliphatic carbocycles. The number of morpholine rings is 1. The molecule has 0 radical (unpaired) electrons. The predicted octanol–water partition coefficient (Wildman–Crippen LogP) is 1.63. The number of nitrogens with zero attached hydrogens (tertiary/aromatic N) is 1. The Balaban J connectivity index is 1.78. The van der Waals surface area contributed by atoms with Crippen molar-refractivity contribution >= 4 is 0 Å². The van der Waals surface area contributed by atoms with Crippen LogP contribution in [0.5, 0.6) is 0 Å². The minimum atomic E-state index is 0.413. The van der Waals surface area contributed by atoms with Crippen LogP contribution < -0.4 is 5.32 Å².